The maximum Gasteiger partial charge on any atom is 0.305 e. The van der Waals surface area contributed by atoms with Crippen LogP contribution in [0, 0.1) is 0 Å². The van der Waals surface area contributed by atoms with Crippen LogP contribution in [0.5, 0.6) is 0 Å². The highest BCUT2D eigenvalue weighted by atomic mass is 16.5. The fraction of sp³-hybridized carbons (Fsp3) is 0.875. The van der Waals surface area contributed by atoms with E-state index in [4.69, 9.17) is 5.73 Å². The summed E-state index contributed by atoms with van der Waals surface area (Å²) < 4.78 is 4.59. The Bertz CT molecular complexity index is 325. The zero-order valence-electron chi connectivity index (χ0n) is 13.3. The highest BCUT2D eigenvalue weighted by Gasteiger charge is 2.34. The Morgan fingerprint density at radius 1 is 1.05 bits per heavy atom. The normalized spacial score (nSPS) is 17.2. The van der Waals surface area contributed by atoms with Crippen molar-refractivity contribution in [3.05, 3.63) is 0 Å². The number of hydrogen-bond acceptors (Lipinski definition) is 4. The van der Waals surface area contributed by atoms with Gasteiger partial charge in [-0.2, -0.15) is 0 Å². The molecule has 0 heterocycles. The number of esters is 1. The Balaban J connectivity index is 1.98. The Morgan fingerprint density at radius 2 is 1.67 bits per heavy atom. The molecule has 0 unspecified atom stereocenters. The molecule has 1 fully saturated rings. The standard InChI is InChI=1S/C16H30N2O3/c1-21-14(19)10-6-3-2-4-9-13-18-15(20)16(17)11-7-5-8-12-16/h2-13,17H2,1H3,(H,18,20). The summed E-state index contributed by atoms with van der Waals surface area (Å²) in [4.78, 5) is 23.0. The van der Waals surface area contributed by atoms with Crippen molar-refractivity contribution >= 4 is 11.9 Å². The van der Waals surface area contributed by atoms with Crippen molar-refractivity contribution in [3.63, 3.8) is 0 Å². The third kappa shape index (κ3) is 6.93. The van der Waals surface area contributed by atoms with E-state index in [1.165, 1.54) is 13.5 Å². The average Bonchev–Trinajstić information content (AvgIpc) is 2.50. The van der Waals surface area contributed by atoms with E-state index in [0.717, 1.165) is 57.8 Å². The van der Waals surface area contributed by atoms with Crippen molar-refractivity contribution in [2.75, 3.05) is 13.7 Å². The molecule has 0 radical (unpaired) electrons. The summed E-state index contributed by atoms with van der Waals surface area (Å²) in [5.74, 6) is -0.115. The SMILES string of the molecule is COC(=O)CCCCCCCNC(=O)C1(N)CCCCC1. The lowest BCUT2D eigenvalue weighted by Gasteiger charge is -2.31. The van der Waals surface area contributed by atoms with Gasteiger partial charge < -0.3 is 15.8 Å². The second kappa shape index (κ2) is 9.77. The van der Waals surface area contributed by atoms with Crippen LogP contribution in [0.2, 0.25) is 0 Å². The van der Waals surface area contributed by atoms with Gasteiger partial charge in [-0.05, 0) is 25.7 Å². The maximum atomic E-state index is 12.1. The molecule has 0 aliphatic heterocycles. The number of amides is 1. The smallest absolute Gasteiger partial charge is 0.305 e. The lowest BCUT2D eigenvalue weighted by Crippen LogP contribution is -2.55. The van der Waals surface area contributed by atoms with Crippen LogP contribution < -0.4 is 11.1 Å². The topological polar surface area (TPSA) is 81.4 Å². The fourth-order valence-corrected chi connectivity index (χ4v) is 2.81. The van der Waals surface area contributed by atoms with Crippen LogP contribution in [0.25, 0.3) is 0 Å². The Hall–Kier alpha value is -1.10. The second-order valence-corrected chi connectivity index (χ2v) is 6.07. The Morgan fingerprint density at radius 3 is 2.33 bits per heavy atom. The first kappa shape index (κ1) is 18.0. The summed E-state index contributed by atoms with van der Waals surface area (Å²) in [7, 11) is 1.42. The van der Waals surface area contributed by atoms with E-state index in [9.17, 15) is 9.59 Å². The number of ether oxygens (including phenoxy) is 1. The first-order chi connectivity index (χ1) is 10.1. The number of carbonyl (C=O) groups excluding carboxylic acids is 2. The minimum atomic E-state index is -0.626. The first-order valence-corrected chi connectivity index (χ1v) is 8.22. The summed E-state index contributed by atoms with van der Waals surface area (Å²) in [6, 6.07) is 0. The summed E-state index contributed by atoms with van der Waals surface area (Å²) in [6.07, 6.45) is 10.5. The van der Waals surface area contributed by atoms with Crippen molar-refractivity contribution in [1.29, 1.82) is 0 Å². The zero-order valence-corrected chi connectivity index (χ0v) is 13.3. The van der Waals surface area contributed by atoms with Crippen molar-refractivity contribution in [2.45, 2.75) is 76.2 Å². The molecular formula is C16H30N2O3. The van der Waals surface area contributed by atoms with Crippen LogP contribution in [0.4, 0.5) is 0 Å². The summed E-state index contributed by atoms with van der Waals surface area (Å²) >= 11 is 0. The van der Waals surface area contributed by atoms with Gasteiger partial charge in [-0.1, -0.05) is 38.5 Å². The predicted octanol–water partition coefficient (Wildman–Crippen LogP) is 2.28. The molecule has 0 saturated heterocycles. The molecule has 3 N–H and O–H groups in total. The molecule has 5 nitrogen and oxygen atoms in total. The number of rotatable bonds is 9. The van der Waals surface area contributed by atoms with Gasteiger partial charge in [-0.25, -0.2) is 0 Å². The minimum absolute atomic E-state index is 0.0212. The molecule has 1 aliphatic rings. The van der Waals surface area contributed by atoms with E-state index < -0.39 is 5.54 Å². The molecule has 0 spiro atoms. The lowest BCUT2D eigenvalue weighted by molar-refractivity contribution is -0.140. The highest BCUT2D eigenvalue weighted by Crippen LogP contribution is 2.25. The van der Waals surface area contributed by atoms with Crippen LogP contribution in [0.3, 0.4) is 0 Å². The van der Waals surface area contributed by atoms with Gasteiger partial charge in [0.05, 0.1) is 12.6 Å². The van der Waals surface area contributed by atoms with Gasteiger partial charge in [-0.3, -0.25) is 9.59 Å². The third-order valence-corrected chi connectivity index (χ3v) is 4.27. The monoisotopic (exact) mass is 298 g/mol. The molecule has 1 aliphatic carbocycles. The molecule has 0 atom stereocenters. The molecule has 5 heteroatoms. The maximum absolute atomic E-state index is 12.1. The number of methoxy groups -OCH3 is 1. The number of unbranched alkanes of at least 4 members (excludes halogenated alkanes) is 4. The highest BCUT2D eigenvalue weighted by molar-refractivity contribution is 5.86. The number of hydrogen-bond donors (Lipinski definition) is 2. The van der Waals surface area contributed by atoms with Crippen LogP contribution in [-0.2, 0) is 14.3 Å². The number of nitrogens with one attached hydrogen (secondary N) is 1. The van der Waals surface area contributed by atoms with Gasteiger partial charge in [0.25, 0.3) is 0 Å². The van der Waals surface area contributed by atoms with Crippen molar-refractivity contribution in [3.8, 4) is 0 Å². The van der Waals surface area contributed by atoms with Gasteiger partial charge in [0, 0.05) is 13.0 Å². The zero-order chi connectivity index (χ0) is 15.6. The molecule has 21 heavy (non-hydrogen) atoms. The Kier molecular flexibility index (Phi) is 8.35. The molecule has 122 valence electrons. The van der Waals surface area contributed by atoms with Crippen LogP contribution in [-0.4, -0.2) is 31.1 Å². The summed E-state index contributed by atoms with van der Waals surface area (Å²) in [5, 5.41) is 2.97. The summed E-state index contributed by atoms with van der Waals surface area (Å²) in [6.45, 7) is 0.703. The predicted molar refractivity (Wildman–Crippen MR) is 82.7 cm³/mol. The second-order valence-electron chi connectivity index (χ2n) is 6.07. The average molecular weight is 298 g/mol. The minimum Gasteiger partial charge on any atom is -0.469 e. The molecular weight excluding hydrogens is 268 g/mol. The van der Waals surface area contributed by atoms with Crippen LogP contribution >= 0.6 is 0 Å². The third-order valence-electron chi connectivity index (χ3n) is 4.27. The van der Waals surface area contributed by atoms with Gasteiger partial charge in [0.2, 0.25) is 5.91 Å². The summed E-state index contributed by atoms with van der Waals surface area (Å²) in [5.41, 5.74) is 5.54. The van der Waals surface area contributed by atoms with Crippen molar-refractivity contribution < 1.29 is 14.3 Å². The van der Waals surface area contributed by atoms with E-state index in [1.807, 2.05) is 0 Å². The van der Waals surface area contributed by atoms with Crippen molar-refractivity contribution in [2.24, 2.45) is 5.73 Å². The van der Waals surface area contributed by atoms with Gasteiger partial charge >= 0.3 is 5.97 Å². The van der Waals surface area contributed by atoms with Gasteiger partial charge in [0.15, 0.2) is 0 Å². The quantitative estimate of drug-likeness (QED) is 0.505. The van der Waals surface area contributed by atoms with Crippen molar-refractivity contribution in [1.82, 2.24) is 5.32 Å². The van der Waals surface area contributed by atoms with Gasteiger partial charge in [-0.15, -0.1) is 0 Å². The number of carbonyl (C=O) groups is 2. The van der Waals surface area contributed by atoms with Gasteiger partial charge in [0.1, 0.15) is 0 Å². The largest absolute Gasteiger partial charge is 0.469 e. The molecule has 0 aromatic rings. The molecule has 0 bridgehead atoms. The molecule has 1 amide bonds. The van der Waals surface area contributed by atoms with E-state index >= 15 is 0 Å². The van der Waals surface area contributed by atoms with Crippen LogP contribution in [0.15, 0.2) is 0 Å². The lowest BCUT2D eigenvalue weighted by atomic mass is 9.82. The number of nitrogens with two attached hydrogens (primary N) is 1. The van der Waals surface area contributed by atoms with E-state index in [-0.39, 0.29) is 11.9 Å². The van der Waals surface area contributed by atoms with E-state index in [2.05, 4.69) is 10.1 Å². The molecule has 0 aromatic heterocycles. The molecule has 1 saturated carbocycles. The first-order valence-electron chi connectivity index (χ1n) is 8.22. The van der Waals surface area contributed by atoms with E-state index in [0.29, 0.717) is 13.0 Å². The van der Waals surface area contributed by atoms with Crippen LogP contribution in [0.1, 0.15) is 70.6 Å². The Labute approximate surface area is 128 Å². The molecule has 0 aromatic carbocycles. The fourth-order valence-electron chi connectivity index (χ4n) is 2.81. The molecule has 1 rings (SSSR count). The van der Waals surface area contributed by atoms with E-state index in [1.54, 1.807) is 0 Å².